The molecule has 6 heteroatoms. The number of hydrogen-bond acceptors (Lipinski definition) is 4. The molecule has 1 saturated carbocycles. The van der Waals surface area contributed by atoms with Gasteiger partial charge in [0.1, 0.15) is 5.82 Å². The maximum Gasteiger partial charge on any atom is 0.160 e. The molecule has 2 rings (SSSR count). The molecule has 86 valence electrons. The van der Waals surface area contributed by atoms with E-state index in [-0.39, 0.29) is 11.7 Å². The summed E-state index contributed by atoms with van der Waals surface area (Å²) in [6, 6.07) is 0. The van der Waals surface area contributed by atoms with Crippen LogP contribution in [0.5, 0.6) is 0 Å². The monoisotopic (exact) mass is 347 g/mol. The van der Waals surface area contributed by atoms with E-state index in [1.807, 2.05) is 6.08 Å². The molecule has 0 atom stereocenters. The maximum atomic E-state index is 11.5. The van der Waals surface area contributed by atoms with Gasteiger partial charge in [0.2, 0.25) is 0 Å². The van der Waals surface area contributed by atoms with Gasteiger partial charge in [-0.05, 0) is 56.9 Å². The number of nitrogens with zero attached hydrogens (tertiary/aromatic N) is 1. The minimum atomic E-state index is 0.163. The van der Waals surface area contributed by atoms with Gasteiger partial charge in [-0.1, -0.05) is 0 Å². The van der Waals surface area contributed by atoms with Crippen molar-refractivity contribution in [3.63, 3.8) is 0 Å². The summed E-state index contributed by atoms with van der Waals surface area (Å²) in [7, 11) is 0. The second kappa shape index (κ2) is 4.63. The zero-order valence-electron chi connectivity index (χ0n) is 8.41. The summed E-state index contributed by atoms with van der Waals surface area (Å²) in [6.07, 6.45) is 7.03. The van der Waals surface area contributed by atoms with Crippen LogP contribution in [0.4, 0.5) is 0 Å². The summed E-state index contributed by atoms with van der Waals surface area (Å²) in [4.78, 5) is 11.5. The quantitative estimate of drug-likeness (QED) is 0.605. The van der Waals surface area contributed by atoms with Gasteiger partial charge in [-0.25, -0.2) is 5.01 Å². The first-order valence-electron chi connectivity index (χ1n) is 4.88. The van der Waals surface area contributed by atoms with Crippen LogP contribution in [0.25, 0.3) is 0 Å². The van der Waals surface area contributed by atoms with E-state index in [2.05, 4.69) is 37.3 Å². The van der Waals surface area contributed by atoms with Gasteiger partial charge in [-0.3, -0.25) is 10.2 Å². The number of allylic oxidation sites excluding steroid dienone is 3. The van der Waals surface area contributed by atoms with Crippen molar-refractivity contribution >= 4 is 37.6 Å². The molecule has 1 fully saturated rings. The number of halogens is 2. The molecule has 4 nitrogen and oxygen atoms in total. The van der Waals surface area contributed by atoms with Crippen molar-refractivity contribution in [2.24, 2.45) is 11.7 Å². The highest BCUT2D eigenvalue weighted by molar-refractivity contribution is 9.12. The molecule has 3 N–H and O–H groups in total. The summed E-state index contributed by atoms with van der Waals surface area (Å²) in [5, 5.41) is 1.59. The molecule has 0 bridgehead atoms. The zero-order valence-corrected chi connectivity index (χ0v) is 11.6. The fraction of sp³-hybridized carbons (Fsp3) is 0.300. The number of nitrogens with one attached hydrogen (secondary N) is 1. The molecule has 0 radical (unpaired) electrons. The largest absolute Gasteiger partial charge is 0.383 e. The molecule has 2 aliphatic rings. The molecule has 0 amide bonds. The van der Waals surface area contributed by atoms with Gasteiger partial charge in [0, 0.05) is 12.1 Å². The third-order valence-corrected chi connectivity index (χ3v) is 3.39. The van der Waals surface area contributed by atoms with Gasteiger partial charge < -0.3 is 5.73 Å². The Bertz CT molecular complexity index is 410. The number of nitrogens with two attached hydrogens (primary N) is 1. The SMILES string of the molecule is NC1=C(Br)C=C(Br)NN1/C=C/C(=O)C1CC1. The van der Waals surface area contributed by atoms with E-state index in [4.69, 9.17) is 5.73 Å². The van der Waals surface area contributed by atoms with Crippen molar-refractivity contribution in [3.8, 4) is 0 Å². The average molecular weight is 349 g/mol. The first kappa shape index (κ1) is 11.7. The Hall–Kier alpha value is -0.750. The number of ketones is 1. The van der Waals surface area contributed by atoms with Crippen LogP contribution in [-0.4, -0.2) is 10.8 Å². The van der Waals surface area contributed by atoms with Gasteiger partial charge >= 0.3 is 0 Å². The Kier molecular flexibility index (Phi) is 3.39. The fourth-order valence-electron chi connectivity index (χ4n) is 1.28. The van der Waals surface area contributed by atoms with Crippen molar-refractivity contribution < 1.29 is 4.79 Å². The Morgan fingerprint density at radius 1 is 1.56 bits per heavy atom. The smallest absolute Gasteiger partial charge is 0.160 e. The number of hydrogen-bond donors (Lipinski definition) is 2. The molecule has 0 unspecified atom stereocenters. The van der Waals surface area contributed by atoms with E-state index in [1.54, 1.807) is 17.3 Å². The number of carbonyl (C=O) groups is 1. The van der Waals surface area contributed by atoms with Gasteiger partial charge in [0.15, 0.2) is 5.78 Å². The Morgan fingerprint density at radius 3 is 2.88 bits per heavy atom. The van der Waals surface area contributed by atoms with Crippen LogP contribution in [0, 0.1) is 5.92 Å². The highest BCUT2D eigenvalue weighted by Gasteiger charge is 2.27. The minimum Gasteiger partial charge on any atom is -0.383 e. The molecule has 16 heavy (non-hydrogen) atoms. The van der Waals surface area contributed by atoms with Gasteiger partial charge in [-0.15, -0.1) is 0 Å². The molecule has 0 spiro atoms. The summed E-state index contributed by atoms with van der Waals surface area (Å²) in [6.45, 7) is 0. The van der Waals surface area contributed by atoms with Crippen molar-refractivity contribution in [2.75, 3.05) is 0 Å². The van der Waals surface area contributed by atoms with E-state index in [1.165, 1.54) is 0 Å². The van der Waals surface area contributed by atoms with E-state index in [9.17, 15) is 4.79 Å². The lowest BCUT2D eigenvalue weighted by Crippen LogP contribution is -2.37. The van der Waals surface area contributed by atoms with Crippen molar-refractivity contribution in [1.29, 1.82) is 0 Å². The summed E-state index contributed by atoms with van der Waals surface area (Å²) in [5.41, 5.74) is 8.80. The highest BCUT2D eigenvalue weighted by atomic mass is 79.9. The predicted molar refractivity (Wildman–Crippen MR) is 69.0 cm³/mol. The van der Waals surface area contributed by atoms with Crippen LogP contribution in [0.2, 0.25) is 0 Å². The van der Waals surface area contributed by atoms with E-state index in [0.717, 1.165) is 21.9 Å². The van der Waals surface area contributed by atoms with E-state index < -0.39 is 0 Å². The van der Waals surface area contributed by atoms with Gasteiger partial charge in [0.05, 0.1) is 9.09 Å². The molecule has 1 aliphatic heterocycles. The molecule has 0 saturated heterocycles. The molecule has 0 aromatic heterocycles. The third-order valence-electron chi connectivity index (χ3n) is 2.35. The lowest BCUT2D eigenvalue weighted by Gasteiger charge is -2.26. The first-order valence-corrected chi connectivity index (χ1v) is 6.47. The normalized spacial score (nSPS) is 21.1. The average Bonchev–Trinajstić information content (AvgIpc) is 3.04. The number of rotatable bonds is 3. The zero-order chi connectivity index (χ0) is 11.7. The lowest BCUT2D eigenvalue weighted by atomic mass is 10.2. The standard InChI is InChI=1S/C10H11Br2N3O/c11-7-5-9(12)14-15(10(7)13)4-3-8(16)6-1-2-6/h3-6,14H,1-2,13H2/b4-3+. The number of hydrazine groups is 1. The second-order valence-electron chi connectivity index (χ2n) is 3.70. The third kappa shape index (κ3) is 2.68. The van der Waals surface area contributed by atoms with Crippen molar-refractivity contribution in [1.82, 2.24) is 10.4 Å². The highest BCUT2D eigenvalue weighted by Crippen LogP contribution is 2.30. The Balaban J connectivity index is 2.05. The van der Waals surface area contributed by atoms with Crippen LogP contribution in [0.3, 0.4) is 0 Å². The van der Waals surface area contributed by atoms with Crippen LogP contribution in [-0.2, 0) is 4.79 Å². The Labute approximate surface area is 110 Å². The van der Waals surface area contributed by atoms with E-state index >= 15 is 0 Å². The van der Waals surface area contributed by atoms with Crippen LogP contribution >= 0.6 is 31.9 Å². The predicted octanol–water partition coefficient (Wildman–Crippen LogP) is 2.06. The van der Waals surface area contributed by atoms with Crippen molar-refractivity contribution in [3.05, 3.63) is 33.3 Å². The van der Waals surface area contributed by atoms with Gasteiger partial charge in [0.25, 0.3) is 0 Å². The number of carbonyl (C=O) groups excluding carboxylic acids is 1. The molecule has 1 heterocycles. The summed E-state index contributed by atoms with van der Waals surface area (Å²) >= 11 is 6.65. The van der Waals surface area contributed by atoms with Crippen LogP contribution in [0.1, 0.15) is 12.8 Å². The van der Waals surface area contributed by atoms with E-state index in [0.29, 0.717) is 5.82 Å². The summed E-state index contributed by atoms with van der Waals surface area (Å²) < 4.78 is 1.54. The summed E-state index contributed by atoms with van der Waals surface area (Å²) in [5.74, 6) is 0.910. The minimum absolute atomic E-state index is 0.163. The molecule has 0 aromatic carbocycles. The second-order valence-corrected chi connectivity index (χ2v) is 5.41. The van der Waals surface area contributed by atoms with Crippen molar-refractivity contribution in [2.45, 2.75) is 12.8 Å². The topological polar surface area (TPSA) is 58.4 Å². The molecule has 1 aliphatic carbocycles. The van der Waals surface area contributed by atoms with Crippen LogP contribution in [0.15, 0.2) is 33.3 Å². The van der Waals surface area contributed by atoms with Crippen LogP contribution < -0.4 is 11.2 Å². The molecule has 0 aromatic rings. The van der Waals surface area contributed by atoms with Gasteiger partial charge in [-0.2, -0.15) is 0 Å². The molecular formula is C10H11Br2N3O. The molecular weight excluding hydrogens is 338 g/mol. The Morgan fingerprint density at radius 2 is 2.25 bits per heavy atom. The fourth-order valence-corrected chi connectivity index (χ4v) is 2.42. The maximum absolute atomic E-state index is 11.5. The lowest BCUT2D eigenvalue weighted by molar-refractivity contribution is -0.115. The first-order chi connectivity index (χ1) is 7.58.